The summed E-state index contributed by atoms with van der Waals surface area (Å²) in [4.78, 5) is 44.6. The van der Waals surface area contributed by atoms with Crippen molar-refractivity contribution < 1.29 is 28.6 Å². The van der Waals surface area contributed by atoms with E-state index in [1.807, 2.05) is 6.07 Å². The Morgan fingerprint density at radius 2 is 1.97 bits per heavy atom. The summed E-state index contributed by atoms with van der Waals surface area (Å²) in [5.74, 6) is -0.0848. The molecule has 1 saturated heterocycles. The fraction of sp³-hybridized carbons (Fsp3) is 0.154. The van der Waals surface area contributed by atoms with Crippen molar-refractivity contribution in [2.24, 2.45) is 0 Å². The maximum atomic E-state index is 13.2. The van der Waals surface area contributed by atoms with Crippen LogP contribution in [0.3, 0.4) is 0 Å². The van der Waals surface area contributed by atoms with E-state index < -0.39 is 17.5 Å². The number of rotatable bonds is 5. The molecule has 36 heavy (non-hydrogen) atoms. The largest absolute Gasteiger partial charge is 0.508 e. The molecule has 1 unspecified atom stereocenters. The van der Waals surface area contributed by atoms with Gasteiger partial charge < -0.3 is 24.5 Å². The second kappa shape index (κ2) is 7.84. The Morgan fingerprint density at radius 1 is 1.11 bits per heavy atom. The topological polar surface area (TPSA) is 134 Å². The summed E-state index contributed by atoms with van der Waals surface area (Å²) >= 11 is 0. The lowest BCUT2D eigenvalue weighted by Crippen LogP contribution is -2.52. The van der Waals surface area contributed by atoms with E-state index in [4.69, 9.17) is 9.15 Å². The first-order valence-corrected chi connectivity index (χ1v) is 11.2. The lowest BCUT2D eigenvalue weighted by molar-refractivity contribution is -0.125. The van der Waals surface area contributed by atoms with Crippen LogP contribution in [0, 0.1) is 0 Å². The number of aromatic hydroxyl groups is 1. The van der Waals surface area contributed by atoms with Crippen molar-refractivity contribution in [2.45, 2.75) is 12.1 Å². The van der Waals surface area contributed by atoms with Gasteiger partial charge in [0.25, 0.3) is 11.8 Å². The highest BCUT2D eigenvalue weighted by Crippen LogP contribution is 2.35. The van der Waals surface area contributed by atoms with Crippen LogP contribution in [0.4, 0.5) is 4.79 Å². The first kappa shape index (κ1) is 21.7. The average Bonchev–Trinajstić information content (AvgIpc) is 3.52. The summed E-state index contributed by atoms with van der Waals surface area (Å²) in [5, 5.41) is 14.7. The zero-order chi connectivity index (χ0) is 25.0. The van der Waals surface area contributed by atoms with Gasteiger partial charge >= 0.3 is 6.03 Å². The predicted octanol–water partition coefficient (Wildman–Crippen LogP) is 2.90. The average molecular weight is 484 g/mol. The minimum atomic E-state index is -1.63. The van der Waals surface area contributed by atoms with Gasteiger partial charge in [-0.25, -0.2) is 9.78 Å². The third-order valence-electron chi connectivity index (χ3n) is 6.50. The van der Waals surface area contributed by atoms with E-state index in [0.717, 1.165) is 5.56 Å². The fourth-order valence-electron chi connectivity index (χ4n) is 4.70. The second-order valence-electron chi connectivity index (χ2n) is 8.74. The van der Waals surface area contributed by atoms with Crippen molar-refractivity contribution in [2.75, 3.05) is 13.7 Å². The number of hydrogen-bond donors (Lipinski definition) is 3. The number of carbonyl (C=O) groups excluding carboxylic acids is 3. The highest BCUT2D eigenvalue weighted by atomic mass is 16.5. The maximum absolute atomic E-state index is 13.2. The molecule has 10 nitrogen and oxygen atoms in total. The lowest BCUT2D eigenvalue weighted by Gasteiger charge is -2.28. The number of methoxy groups -OCH3 is 1. The molecule has 2 aromatic carbocycles. The molecule has 3 N–H and O–H groups in total. The Bertz CT molecular complexity index is 1580. The van der Waals surface area contributed by atoms with Crippen molar-refractivity contribution in [3.8, 4) is 22.8 Å². The van der Waals surface area contributed by atoms with Crippen molar-refractivity contribution >= 4 is 28.9 Å². The van der Waals surface area contributed by atoms with E-state index >= 15 is 0 Å². The number of pyridine rings is 1. The molecule has 0 radical (unpaired) electrons. The van der Waals surface area contributed by atoms with Crippen molar-refractivity contribution in [3.63, 3.8) is 0 Å². The van der Waals surface area contributed by atoms with Crippen LogP contribution in [-0.4, -0.2) is 46.5 Å². The van der Waals surface area contributed by atoms with Gasteiger partial charge in [0, 0.05) is 23.7 Å². The molecule has 2 aromatic heterocycles. The summed E-state index contributed by atoms with van der Waals surface area (Å²) in [6, 6.07) is 16.3. The van der Waals surface area contributed by atoms with Crippen LogP contribution in [-0.2, 0) is 16.9 Å². The molecule has 1 atom stereocenters. The Kier molecular flexibility index (Phi) is 4.72. The van der Waals surface area contributed by atoms with Gasteiger partial charge in [0.15, 0.2) is 11.1 Å². The van der Waals surface area contributed by atoms with Crippen LogP contribution in [0.1, 0.15) is 21.7 Å². The number of hydrogen-bond acceptors (Lipinski definition) is 7. The van der Waals surface area contributed by atoms with E-state index in [-0.39, 0.29) is 30.5 Å². The van der Waals surface area contributed by atoms with E-state index in [0.29, 0.717) is 33.7 Å². The quantitative estimate of drug-likeness (QED) is 0.371. The first-order chi connectivity index (χ1) is 17.4. The van der Waals surface area contributed by atoms with Gasteiger partial charge in [0.1, 0.15) is 22.8 Å². The molecule has 2 aliphatic heterocycles. The zero-order valence-electron chi connectivity index (χ0n) is 19.1. The molecule has 4 amide bonds. The number of aromatic nitrogens is 1. The predicted molar refractivity (Wildman–Crippen MR) is 127 cm³/mol. The third-order valence-corrected chi connectivity index (χ3v) is 6.50. The standard InChI is InChI=1S/C26H20N4O6/c1-35-17-6-5-15-12-30(23(32)18(15)10-17)13-26(24(33)28-25(34)29-26)22-11-20-21(36-22)8-7-19(27-20)14-3-2-4-16(31)9-14/h2-11,31H,12-13H2,1H3,(H2,28,29,33,34). The molecule has 0 spiro atoms. The summed E-state index contributed by atoms with van der Waals surface area (Å²) in [6.45, 7) is 0.128. The number of nitrogens with one attached hydrogen (secondary N) is 2. The SMILES string of the molecule is COc1ccc2c(c1)C(=O)N(CC1(c3cc4nc(-c5cccc(O)c5)ccc4o3)NC(=O)NC1=O)C2. The summed E-state index contributed by atoms with van der Waals surface area (Å²) in [6.07, 6.45) is 0. The number of carbonyl (C=O) groups is 3. The van der Waals surface area contributed by atoms with Gasteiger partial charge in [0.05, 0.1) is 19.3 Å². The summed E-state index contributed by atoms with van der Waals surface area (Å²) in [7, 11) is 1.52. The second-order valence-corrected chi connectivity index (χ2v) is 8.74. The van der Waals surface area contributed by atoms with Crippen LogP contribution in [0.5, 0.6) is 11.5 Å². The molecule has 6 rings (SSSR count). The van der Waals surface area contributed by atoms with Gasteiger partial charge in [-0.3, -0.25) is 14.9 Å². The van der Waals surface area contributed by atoms with Gasteiger partial charge in [0.2, 0.25) is 0 Å². The molecule has 4 heterocycles. The first-order valence-electron chi connectivity index (χ1n) is 11.2. The number of phenols is 1. The number of phenolic OH excluding ortho intramolecular Hbond substituents is 1. The zero-order valence-corrected chi connectivity index (χ0v) is 19.1. The molecule has 0 saturated carbocycles. The smallest absolute Gasteiger partial charge is 0.322 e. The minimum Gasteiger partial charge on any atom is -0.508 e. The Balaban J connectivity index is 1.38. The minimum absolute atomic E-state index is 0.112. The van der Waals surface area contributed by atoms with Gasteiger partial charge in [-0.1, -0.05) is 18.2 Å². The number of furan rings is 1. The van der Waals surface area contributed by atoms with Gasteiger partial charge in [-0.05, 0) is 42.0 Å². The number of imide groups is 1. The normalized spacial score (nSPS) is 18.9. The molecule has 180 valence electrons. The van der Waals surface area contributed by atoms with Crippen LogP contribution >= 0.6 is 0 Å². The molecule has 10 heteroatoms. The molecular formula is C26H20N4O6. The van der Waals surface area contributed by atoms with Crippen molar-refractivity contribution in [1.29, 1.82) is 0 Å². The van der Waals surface area contributed by atoms with Crippen LogP contribution in [0.15, 0.2) is 65.1 Å². The third kappa shape index (κ3) is 3.34. The molecular weight excluding hydrogens is 464 g/mol. The number of benzene rings is 2. The Hall–Kier alpha value is -4.86. The number of urea groups is 1. The highest BCUT2D eigenvalue weighted by Gasteiger charge is 2.53. The van der Waals surface area contributed by atoms with Gasteiger partial charge in [-0.2, -0.15) is 0 Å². The highest BCUT2D eigenvalue weighted by molar-refractivity contribution is 6.08. The number of amides is 4. The number of fused-ring (bicyclic) bond motifs is 2. The number of ether oxygens (including phenoxy) is 1. The number of nitrogens with zero attached hydrogens (tertiary/aromatic N) is 2. The summed E-state index contributed by atoms with van der Waals surface area (Å²) < 4.78 is 11.2. The maximum Gasteiger partial charge on any atom is 0.322 e. The molecule has 0 bridgehead atoms. The van der Waals surface area contributed by atoms with Gasteiger partial charge in [-0.15, -0.1) is 0 Å². The van der Waals surface area contributed by atoms with Crippen LogP contribution < -0.4 is 15.4 Å². The Morgan fingerprint density at radius 3 is 2.72 bits per heavy atom. The molecule has 0 aliphatic carbocycles. The van der Waals surface area contributed by atoms with Crippen LogP contribution in [0.2, 0.25) is 0 Å². The fourth-order valence-corrected chi connectivity index (χ4v) is 4.70. The lowest BCUT2D eigenvalue weighted by atomic mass is 9.95. The molecule has 1 fully saturated rings. The Labute approximate surface area is 204 Å². The molecule has 4 aromatic rings. The monoisotopic (exact) mass is 484 g/mol. The van der Waals surface area contributed by atoms with E-state index in [1.54, 1.807) is 54.6 Å². The van der Waals surface area contributed by atoms with E-state index in [1.165, 1.54) is 12.0 Å². The van der Waals surface area contributed by atoms with Crippen LogP contribution in [0.25, 0.3) is 22.4 Å². The molecule has 2 aliphatic rings. The van der Waals surface area contributed by atoms with Crippen molar-refractivity contribution in [1.82, 2.24) is 20.5 Å². The summed E-state index contributed by atoms with van der Waals surface area (Å²) in [5.41, 5.74) is 1.81. The van der Waals surface area contributed by atoms with E-state index in [2.05, 4.69) is 15.6 Å². The van der Waals surface area contributed by atoms with E-state index in [9.17, 15) is 19.5 Å². The van der Waals surface area contributed by atoms with Crippen molar-refractivity contribution in [3.05, 3.63) is 77.6 Å².